The summed E-state index contributed by atoms with van der Waals surface area (Å²) in [7, 11) is 1.70. The van der Waals surface area contributed by atoms with Gasteiger partial charge in [0.15, 0.2) is 0 Å². The molecule has 3 N–H and O–H groups in total. The molecular formula is C15H22N2O2. The molecule has 0 saturated carbocycles. The molecule has 4 nitrogen and oxygen atoms in total. The standard InChI is InChI=1S/C15H22N2O2/c1-10-5-6-13-11(7-10)8-14(19-13)12(17-16)9-15(2,3)18-4/h5-8,12,17H,9,16H2,1-4H3. The molecular weight excluding hydrogens is 240 g/mol. The van der Waals surface area contributed by atoms with Gasteiger partial charge < -0.3 is 9.15 Å². The fraction of sp³-hybridized carbons (Fsp3) is 0.467. The van der Waals surface area contributed by atoms with Crippen LogP contribution in [0.1, 0.15) is 37.6 Å². The molecule has 4 heteroatoms. The first kappa shape index (κ1) is 14.1. The van der Waals surface area contributed by atoms with Gasteiger partial charge in [-0.1, -0.05) is 11.6 Å². The zero-order valence-corrected chi connectivity index (χ0v) is 12.0. The van der Waals surface area contributed by atoms with Crippen molar-refractivity contribution < 1.29 is 9.15 Å². The molecule has 0 radical (unpaired) electrons. The molecule has 1 atom stereocenters. The Morgan fingerprint density at radius 1 is 1.37 bits per heavy atom. The monoisotopic (exact) mass is 262 g/mol. The zero-order valence-electron chi connectivity index (χ0n) is 12.0. The van der Waals surface area contributed by atoms with Crippen LogP contribution >= 0.6 is 0 Å². The summed E-state index contributed by atoms with van der Waals surface area (Å²) in [5.41, 5.74) is 4.65. The van der Waals surface area contributed by atoms with E-state index in [-0.39, 0.29) is 11.6 Å². The molecule has 2 rings (SSSR count). The SMILES string of the molecule is COC(C)(C)CC(NN)c1cc2cc(C)ccc2o1. The van der Waals surface area contributed by atoms with Crippen LogP contribution in [0.4, 0.5) is 0 Å². The molecule has 1 aromatic carbocycles. The molecule has 0 aliphatic heterocycles. The summed E-state index contributed by atoms with van der Waals surface area (Å²) < 4.78 is 11.3. The van der Waals surface area contributed by atoms with E-state index in [1.807, 2.05) is 32.0 Å². The topological polar surface area (TPSA) is 60.4 Å². The van der Waals surface area contributed by atoms with E-state index in [1.54, 1.807) is 7.11 Å². The maximum atomic E-state index is 5.87. The van der Waals surface area contributed by atoms with Gasteiger partial charge in [-0.3, -0.25) is 5.84 Å². The molecule has 0 aliphatic carbocycles. The highest BCUT2D eigenvalue weighted by Crippen LogP contribution is 2.30. The van der Waals surface area contributed by atoms with Crippen LogP contribution in [0.3, 0.4) is 0 Å². The van der Waals surface area contributed by atoms with Gasteiger partial charge in [0.2, 0.25) is 0 Å². The minimum Gasteiger partial charge on any atom is -0.459 e. The normalized spacial score (nSPS) is 13.9. The fourth-order valence-electron chi connectivity index (χ4n) is 2.17. The molecule has 2 aromatic rings. The van der Waals surface area contributed by atoms with E-state index in [1.165, 1.54) is 5.56 Å². The molecule has 104 valence electrons. The summed E-state index contributed by atoms with van der Waals surface area (Å²) >= 11 is 0. The van der Waals surface area contributed by atoms with Gasteiger partial charge in [0, 0.05) is 12.5 Å². The molecule has 0 fully saturated rings. The van der Waals surface area contributed by atoms with E-state index >= 15 is 0 Å². The van der Waals surface area contributed by atoms with Crippen LogP contribution in [0.5, 0.6) is 0 Å². The van der Waals surface area contributed by atoms with Gasteiger partial charge in [-0.05, 0) is 45.4 Å². The lowest BCUT2D eigenvalue weighted by Gasteiger charge is -2.27. The van der Waals surface area contributed by atoms with Crippen molar-refractivity contribution in [2.24, 2.45) is 5.84 Å². The summed E-state index contributed by atoms with van der Waals surface area (Å²) in [6, 6.07) is 8.11. The number of hydrazine groups is 1. The lowest BCUT2D eigenvalue weighted by Crippen LogP contribution is -2.35. The third-order valence-corrected chi connectivity index (χ3v) is 3.48. The van der Waals surface area contributed by atoms with Crippen LogP contribution < -0.4 is 11.3 Å². The number of nitrogens with one attached hydrogen (secondary N) is 1. The molecule has 1 heterocycles. The summed E-state index contributed by atoms with van der Waals surface area (Å²) in [5.74, 6) is 6.49. The van der Waals surface area contributed by atoms with Gasteiger partial charge in [-0.2, -0.15) is 0 Å². The van der Waals surface area contributed by atoms with E-state index in [9.17, 15) is 0 Å². The number of hydrogen-bond donors (Lipinski definition) is 2. The highest BCUT2D eigenvalue weighted by atomic mass is 16.5. The van der Waals surface area contributed by atoms with Gasteiger partial charge in [-0.15, -0.1) is 0 Å². The van der Waals surface area contributed by atoms with Crippen LogP contribution in [0.25, 0.3) is 11.0 Å². The Balaban J connectivity index is 2.30. The number of fused-ring (bicyclic) bond motifs is 1. The van der Waals surface area contributed by atoms with Crippen molar-refractivity contribution in [3.8, 4) is 0 Å². The third kappa shape index (κ3) is 3.15. The number of furan rings is 1. The molecule has 1 unspecified atom stereocenters. The zero-order chi connectivity index (χ0) is 14.0. The largest absolute Gasteiger partial charge is 0.459 e. The first-order valence-electron chi connectivity index (χ1n) is 6.46. The molecule has 19 heavy (non-hydrogen) atoms. The first-order chi connectivity index (χ1) is 8.95. The lowest BCUT2D eigenvalue weighted by atomic mass is 9.97. The van der Waals surface area contributed by atoms with Crippen molar-refractivity contribution in [3.05, 3.63) is 35.6 Å². The molecule has 0 saturated heterocycles. The maximum absolute atomic E-state index is 5.87. The minimum absolute atomic E-state index is 0.0670. The Hall–Kier alpha value is -1.36. The summed E-state index contributed by atoms with van der Waals surface area (Å²) in [6.45, 7) is 6.13. The number of aryl methyl sites for hydroxylation is 1. The summed E-state index contributed by atoms with van der Waals surface area (Å²) in [5, 5.41) is 1.10. The van der Waals surface area contributed by atoms with Crippen molar-refractivity contribution >= 4 is 11.0 Å². The second kappa shape index (κ2) is 5.33. The number of benzene rings is 1. The number of methoxy groups -OCH3 is 1. The first-order valence-corrected chi connectivity index (χ1v) is 6.46. The highest BCUT2D eigenvalue weighted by molar-refractivity contribution is 5.78. The van der Waals surface area contributed by atoms with E-state index in [4.69, 9.17) is 15.0 Å². The van der Waals surface area contributed by atoms with Crippen LogP contribution in [0.2, 0.25) is 0 Å². The average molecular weight is 262 g/mol. The van der Waals surface area contributed by atoms with E-state index in [0.717, 1.165) is 23.2 Å². The van der Waals surface area contributed by atoms with Crippen LogP contribution in [0.15, 0.2) is 28.7 Å². The number of ether oxygens (including phenoxy) is 1. The van der Waals surface area contributed by atoms with Gasteiger partial charge in [0.25, 0.3) is 0 Å². The Morgan fingerprint density at radius 2 is 2.11 bits per heavy atom. The Labute approximate surface area is 113 Å². The van der Waals surface area contributed by atoms with Gasteiger partial charge in [0.05, 0.1) is 11.6 Å². The number of nitrogens with two attached hydrogens (primary N) is 1. The number of rotatable bonds is 5. The average Bonchev–Trinajstić information content (AvgIpc) is 2.78. The molecule has 0 aliphatic rings. The molecule has 1 aromatic heterocycles. The van der Waals surface area contributed by atoms with E-state index < -0.39 is 0 Å². The Kier molecular flexibility index (Phi) is 3.94. The van der Waals surface area contributed by atoms with Crippen molar-refractivity contribution in [1.82, 2.24) is 5.43 Å². The van der Waals surface area contributed by atoms with Crippen molar-refractivity contribution in [3.63, 3.8) is 0 Å². The summed E-state index contributed by atoms with van der Waals surface area (Å²) in [6.07, 6.45) is 0.735. The van der Waals surface area contributed by atoms with Crippen LogP contribution in [0, 0.1) is 6.92 Å². The van der Waals surface area contributed by atoms with Gasteiger partial charge in [-0.25, -0.2) is 5.43 Å². The van der Waals surface area contributed by atoms with Crippen LogP contribution in [-0.4, -0.2) is 12.7 Å². The quantitative estimate of drug-likeness (QED) is 0.642. The summed E-state index contributed by atoms with van der Waals surface area (Å²) in [4.78, 5) is 0. The Morgan fingerprint density at radius 3 is 2.74 bits per heavy atom. The van der Waals surface area contributed by atoms with Crippen molar-refractivity contribution in [1.29, 1.82) is 0 Å². The fourth-order valence-corrected chi connectivity index (χ4v) is 2.17. The molecule has 0 spiro atoms. The predicted molar refractivity (Wildman–Crippen MR) is 76.7 cm³/mol. The van der Waals surface area contributed by atoms with E-state index in [0.29, 0.717) is 0 Å². The highest BCUT2D eigenvalue weighted by Gasteiger charge is 2.25. The van der Waals surface area contributed by atoms with Gasteiger partial charge in [0.1, 0.15) is 11.3 Å². The molecule has 0 amide bonds. The Bertz CT molecular complexity index is 560. The second-order valence-corrected chi connectivity index (χ2v) is 5.58. The number of hydrogen-bond acceptors (Lipinski definition) is 4. The minimum atomic E-state index is -0.258. The van der Waals surface area contributed by atoms with Gasteiger partial charge >= 0.3 is 0 Å². The van der Waals surface area contributed by atoms with E-state index in [2.05, 4.69) is 18.4 Å². The molecule has 0 bridgehead atoms. The van der Waals surface area contributed by atoms with Crippen molar-refractivity contribution in [2.45, 2.75) is 38.8 Å². The third-order valence-electron chi connectivity index (χ3n) is 3.48. The van der Waals surface area contributed by atoms with Crippen LogP contribution in [-0.2, 0) is 4.74 Å². The predicted octanol–water partition coefficient (Wildman–Crippen LogP) is 3.06. The maximum Gasteiger partial charge on any atom is 0.134 e. The lowest BCUT2D eigenvalue weighted by molar-refractivity contribution is 0.00512. The van der Waals surface area contributed by atoms with Crippen molar-refractivity contribution in [2.75, 3.05) is 7.11 Å². The second-order valence-electron chi connectivity index (χ2n) is 5.58. The smallest absolute Gasteiger partial charge is 0.134 e.